The van der Waals surface area contributed by atoms with Gasteiger partial charge in [-0.3, -0.25) is 4.79 Å². The molecule has 0 radical (unpaired) electrons. The molecule has 10 heteroatoms. The molecule has 1 fully saturated rings. The Kier molecular flexibility index (Phi) is 7.32. The molecule has 0 bridgehead atoms. The Bertz CT molecular complexity index is 915. The molecule has 1 unspecified atom stereocenters. The number of carbonyl (C=O) groups is 2. The maximum absolute atomic E-state index is 12.8. The minimum Gasteiger partial charge on any atom is -0.493 e. The first-order valence-corrected chi connectivity index (χ1v) is 10.3. The first kappa shape index (κ1) is 22.4. The van der Waals surface area contributed by atoms with E-state index >= 15 is 0 Å². The molecule has 168 valence electrons. The minimum absolute atomic E-state index is 0.0348. The molecule has 2 aromatic rings. The second kappa shape index (κ2) is 10.1. The van der Waals surface area contributed by atoms with Gasteiger partial charge < -0.3 is 29.1 Å². The number of hydrogen-bond donors (Lipinski definition) is 1. The lowest BCUT2D eigenvalue weighted by molar-refractivity contribution is -0.132. The quantitative estimate of drug-likeness (QED) is 0.717. The van der Waals surface area contributed by atoms with Crippen LogP contribution in [0.1, 0.15) is 31.5 Å². The summed E-state index contributed by atoms with van der Waals surface area (Å²) in [5, 5.41) is 6.79. The Morgan fingerprint density at radius 3 is 2.71 bits per heavy atom. The van der Waals surface area contributed by atoms with Crippen LogP contribution in [0.5, 0.6) is 11.5 Å². The van der Waals surface area contributed by atoms with E-state index in [0.717, 1.165) is 12.8 Å². The van der Waals surface area contributed by atoms with Crippen molar-refractivity contribution in [1.82, 2.24) is 19.9 Å². The highest BCUT2D eigenvalue weighted by molar-refractivity contribution is 5.90. The van der Waals surface area contributed by atoms with Crippen LogP contribution < -0.4 is 14.8 Å². The van der Waals surface area contributed by atoms with E-state index in [1.165, 1.54) is 0 Å². The molecule has 1 aromatic heterocycles. The fourth-order valence-corrected chi connectivity index (χ4v) is 3.77. The maximum atomic E-state index is 12.8. The minimum atomic E-state index is -0.214. The predicted molar refractivity (Wildman–Crippen MR) is 113 cm³/mol. The Morgan fingerprint density at radius 2 is 2.06 bits per heavy atom. The third-order valence-corrected chi connectivity index (χ3v) is 5.31. The normalized spacial score (nSPS) is 16.0. The number of urea groups is 1. The lowest BCUT2D eigenvalue weighted by atomic mass is 10.0. The zero-order chi connectivity index (χ0) is 22.4. The number of rotatable bonds is 7. The first-order chi connectivity index (χ1) is 14.9. The van der Waals surface area contributed by atoms with Gasteiger partial charge in [0.25, 0.3) is 0 Å². The summed E-state index contributed by atoms with van der Waals surface area (Å²) in [6, 6.07) is 4.94. The highest BCUT2D eigenvalue weighted by Crippen LogP contribution is 2.30. The maximum Gasteiger partial charge on any atom is 0.321 e. The number of nitrogens with one attached hydrogen (secondary N) is 1. The van der Waals surface area contributed by atoms with Crippen LogP contribution in [0.15, 0.2) is 22.7 Å². The van der Waals surface area contributed by atoms with Gasteiger partial charge in [-0.2, -0.15) is 4.98 Å². The van der Waals surface area contributed by atoms with Crippen LogP contribution >= 0.6 is 0 Å². The predicted octanol–water partition coefficient (Wildman–Crippen LogP) is 2.48. The van der Waals surface area contributed by atoms with Gasteiger partial charge in [0.05, 0.1) is 14.2 Å². The highest BCUT2D eigenvalue weighted by Gasteiger charge is 2.29. The van der Waals surface area contributed by atoms with Crippen molar-refractivity contribution in [2.75, 3.05) is 39.2 Å². The van der Waals surface area contributed by atoms with Crippen LogP contribution in [0.2, 0.25) is 0 Å². The molecule has 0 aliphatic carbocycles. The topological polar surface area (TPSA) is 110 Å². The van der Waals surface area contributed by atoms with Crippen molar-refractivity contribution in [3.8, 4) is 11.5 Å². The van der Waals surface area contributed by atoms with Crippen LogP contribution in [-0.4, -0.2) is 71.8 Å². The van der Waals surface area contributed by atoms with E-state index < -0.39 is 0 Å². The van der Waals surface area contributed by atoms with Crippen molar-refractivity contribution < 1.29 is 23.6 Å². The van der Waals surface area contributed by atoms with Gasteiger partial charge >= 0.3 is 6.03 Å². The molecule has 3 amide bonds. The van der Waals surface area contributed by atoms with E-state index in [2.05, 4.69) is 15.5 Å². The van der Waals surface area contributed by atoms with Crippen molar-refractivity contribution in [2.24, 2.45) is 0 Å². The molecule has 2 heterocycles. The van der Waals surface area contributed by atoms with Gasteiger partial charge in [-0.05, 0) is 25.0 Å². The molecule has 1 aliphatic heterocycles. The number of ether oxygens (including phenoxy) is 2. The van der Waals surface area contributed by atoms with Gasteiger partial charge in [0.1, 0.15) is 0 Å². The summed E-state index contributed by atoms with van der Waals surface area (Å²) in [5.74, 6) is 2.17. The molecule has 10 nitrogen and oxygen atoms in total. The number of benzene rings is 1. The molecular weight excluding hydrogens is 402 g/mol. The van der Waals surface area contributed by atoms with Gasteiger partial charge in [0, 0.05) is 57.7 Å². The largest absolute Gasteiger partial charge is 0.493 e. The third kappa shape index (κ3) is 5.65. The van der Waals surface area contributed by atoms with Gasteiger partial charge in [-0.25, -0.2) is 4.79 Å². The van der Waals surface area contributed by atoms with Gasteiger partial charge in [-0.1, -0.05) is 5.16 Å². The number of hydrogen-bond acceptors (Lipinski definition) is 7. The molecule has 31 heavy (non-hydrogen) atoms. The number of aryl methyl sites for hydroxylation is 1. The fourth-order valence-electron chi connectivity index (χ4n) is 3.77. The van der Waals surface area contributed by atoms with E-state index in [1.54, 1.807) is 56.1 Å². The highest BCUT2D eigenvalue weighted by atomic mass is 16.5. The summed E-state index contributed by atoms with van der Waals surface area (Å²) in [6.07, 6.45) is 2.16. The Morgan fingerprint density at radius 1 is 1.29 bits per heavy atom. The van der Waals surface area contributed by atoms with Crippen LogP contribution in [0, 0.1) is 6.92 Å². The van der Waals surface area contributed by atoms with E-state index in [9.17, 15) is 9.59 Å². The summed E-state index contributed by atoms with van der Waals surface area (Å²) >= 11 is 0. The van der Waals surface area contributed by atoms with E-state index in [-0.39, 0.29) is 18.0 Å². The van der Waals surface area contributed by atoms with Gasteiger partial charge in [-0.15, -0.1) is 0 Å². The molecule has 1 aliphatic rings. The average Bonchev–Trinajstić information content (AvgIpc) is 3.18. The van der Waals surface area contributed by atoms with E-state index in [0.29, 0.717) is 55.0 Å². The molecule has 1 saturated heterocycles. The van der Waals surface area contributed by atoms with Crippen LogP contribution in [-0.2, 0) is 11.2 Å². The number of anilines is 1. The van der Waals surface area contributed by atoms with E-state index in [1.807, 2.05) is 0 Å². The molecule has 1 atom stereocenters. The molecule has 0 saturated carbocycles. The average molecular weight is 431 g/mol. The van der Waals surface area contributed by atoms with Crippen molar-refractivity contribution in [3.05, 3.63) is 29.9 Å². The smallest absolute Gasteiger partial charge is 0.321 e. The standard InChI is InChI=1S/C21H29N5O5/c1-14-22-20(24-31-14)9-11-26(15(2)27)17-6-5-10-25(13-17)21(28)23-16-7-8-18(29-3)19(12-16)30-4/h7-8,12,17H,5-6,9-11,13H2,1-4H3,(H,23,28). The fraction of sp³-hybridized carbons (Fsp3) is 0.524. The Hall–Kier alpha value is -3.30. The van der Waals surface area contributed by atoms with Crippen molar-refractivity contribution >= 4 is 17.6 Å². The molecular formula is C21H29N5O5. The Labute approximate surface area is 181 Å². The number of piperidine rings is 1. The number of amides is 3. The summed E-state index contributed by atoms with van der Waals surface area (Å²) in [4.78, 5) is 32.9. The number of likely N-dealkylation sites (tertiary alicyclic amines) is 1. The monoisotopic (exact) mass is 431 g/mol. The van der Waals surface area contributed by atoms with Crippen molar-refractivity contribution in [3.63, 3.8) is 0 Å². The molecule has 0 spiro atoms. The summed E-state index contributed by atoms with van der Waals surface area (Å²) in [7, 11) is 3.11. The number of carbonyl (C=O) groups excluding carboxylic acids is 2. The van der Waals surface area contributed by atoms with Gasteiger partial charge in [0.15, 0.2) is 17.3 Å². The lowest BCUT2D eigenvalue weighted by Gasteiger charge is -2.39. The second-order valence-electron chi connectivity index (χ2n) is 7.43. The van der Waals surface area contributed by atoms with Crippen molar-refractivity contribution in [1.29, 1.82) is 0 Å². The van der Waals surface area contributed by atoms with Crippen LogP contribution in [0.3, 0.4) is 0 Å². The van der Waals surface area contributed by atoms with Crippen molar-refractivity contribution in [2.45, 2.75) is 39.2 Å². The molecule has 1 N–H and O–H groups in total. The van der Waals surface area contributed by atoms with Crippen LogP contribution in [0.4, 0.5) is 10.5 Å². The first-order valence-electron chi connectivity index (χ1n) is 10.3. The summed E-state index contributed by atoms with van der Waals surface area (Å²) in [5.41, 5.74) is 0.612. The number of aromatic nitrogens is 2. The zero-order valence-corrected chi connectivity index (χ0v) is 18.4. The summed E-state index contributed by atoms with van der Waals surface area (Å²) < 4.78 is 15.5. The number of nitrogens with zero attached hydrogens (tertiary/aromatic N) is 4. The van der Waals surface area contributed by atoms with Crippen LogP contribution in [0.25, 0.3) is 0 Å². The number of methoxy groups -OCH3 is 2. The second-order valence-corrected chi connectivity index (χ2v) is 7.43. The Balaban J connectivity index is 1.62. The lowest BCUT2D eigenvalue weighted by Crippen LogP contribution is -2.52. The van der Waals surface area contributed by atoms with Gasteiger partial charge in [0.2, 0.25) is 11.8 Å². The molecule has 3 rings (SSSR count). The zero-order valence-electron chi connectivity index (χ0n) is 18.4. The van der Waals surface area contributed by atoms with E-state index in [4.69, 9.17) is 14.0 Å². The SMILES string of the molecule is COc1ccc(NC(=O)N2CCCC(N(CCc3noc(C)n3)C(C)=O)C2)cc1OC. The summed E-state index contributed by atoms with van der Waals surface area (Å²) in [6.45, 7) is 4.85. The third-order valence-electron chi connectivity index (χ3n) is 5.31. The molecule has 1 aromatic carbocycles.